The van der Waals surface area contributed by atoms with E-state index >= 15 is 0 Å². The van der Waals surface area contributed by atoms with Crippen molar-refractivity contribution >= 4 is 16.6 Å². The molecule has 1 saturated carbocycles. The first-order valence-electron chi connectivity index (χ1n) is 5.75. The number of nitrogens with two attached hydrogens (primary N) is 1. The molecule has 0 spiro atoms. The van der Waals surface area contributed by atoms with Gasteiger partial charge in [0, 0.05) is 11.9 Å². The molecule has 2 aromatic rings. The summed E-state index contributed by atoms with van der Waals surface area (Å²) in [4.78, 5) is 0. The maximum atomic E-state index is 5.78. The molecule has 1 aromatic heterocycles. The second kappa shape index (κ2) is 3.83. The van der Waals surface area contributed by atoms with Gasteiger partial charge >= 0.3 is 0 Å². The lowest BCUT2D eigenvalue weighted by molar-refractivity contribution is 0.0718. The summed E-state index contributed by atoms with van der Waals surface area (Å²) in [5.74, 6) is 0.812. The molecular weight excluding hydrogens is 200 g/mol. The van der Waals surface area contributed by atoms with E-state index in [0.29, 0.717) is 6.73 Å². The highest BCUT2D eigenvalue weighted by atomic mass is 16.5. The lowest BCUT2D eigenvalue weighted by Crippen LogP contribution is -2.03. The number of benzene rings is 1. The van der Waals surface area contributed by atoms with Crippen LogP contribution in [-0.4, -0.2) is 11.2 Å². The maximum absolute atomic E-state index is 5.78. The summed E-state index contributed by atoms with van der Waals surface area (Å²) < 4.78 is 7.78. The Hall–Kier alpha value is -1.48. The van der Waals surface area contributed by atoms with E-state index in [0.717, 1.165) is 23.7 Å². The van der Waals surface area contributed by atoms with Crippen molar-refractivity contribution in [2.24, 2.45) is 5.92 Å². The van der Waals surface area contributed by atoms with Crippen molar-refractivity contribution in [2.75, 3.05) is 12.3 Å². The predicted octanol–water partition coefficient (Wildman–Crippen LogP) is 2.61. The van der Waals surface area contributed by atoms with Gasteiger partial charge in [-0.15, -0.1) is 0 Å². The zero-order valence-electron chi connectivity index (χ0n) is 9.23. The molecular formula is C13H16N2O. The zero-order chi connectivity index (χ0) is 11.0. The lowest BCUT2D eigenvalue weighted by Gasteiger charge is -2.06. The third kappa shape index (κ3) is 1.91. The smallest absolute Gasteiger partial charge is 0.122 e. The van der Waals surface area contributed by atoms with Gasteiger partial charge < -0.3 is 15.0 Å². The first-order chi connectivity index (χ1) is 7.83. The third-order valence-electron chi connectivity index (χ3n) is 3.08. The van der Waals surface area contributed by atoms with E-state index in [9.17, 15) is 0 Å². The Kier molecular flexibility index (Phi) is 2.33. The van der Waals surface area contributed by atoms with Gasteiger partial charge in [-0.25, -0.2) is 0 Å². The van der Waals surface area contributed by atoms with Crippen LogP contribution >= 0.6 is 0 Å². The van der Waals surface area contributed by atoms with Crippen LogP contribution < -0.4 is 5.73 Å². The minimum atomic E-state index is 0.628. The van der Waals surface area contributed by atoms with Crippen molar-refractivity contribution in [3.05, 3.63) is 30.5 Å². The highest BCUT2D eigenvalue weighted by Gasteiger charge is 2.21. The molecule has 2 N–H and O–H groups in total. The predicted molar refractivity (Wildman–Crippen MR) is 65.0 cm³/mol. The van der Waals surface area contributed by atoms with Gasteiger partial charge in [-0.1, -0.05) is 6.07 Å². The van der Waals surface area contributed by atoms with E-state index in [1.165, 1.54) is 18.2 Å². The molecule has 84 valence electrons. The largest absolute Gasteiger partial charge is 0.399 e. The van der Waals surface area contributed by atoms with Gasteiger partial charge in [0.2, 0.25) is 0 Å². The number of hydrogen-bond donors (Lipinski definition) is 1. The maximum Gasteiger partial charge on any atom is 0.122 e. The molecule has 1 aliphatic rings. The van der Waals surface area contributed by atoms with Crippen LogP contribution in [0.25, 0.3) is 10.9 Å². The summed E-state index contributed by atoms with van der Waals surface area (Å²) in [5.41, 5.74) is 7.73. The van der Waals surface area contributed by atoms with Crippen LogP contribution in [0.3, 0.4) is 0 Å². The van der Waals surface area contributed by atoms with Gasteiger partial charge in [0.25, 0.3) is 0 Å². The Bertz CT molecular complexity index is 500. The van der Waals surface area contributed by atoms with Crippen LogP contribution in [0.4, 0.5) is 5.69 Å². The van der Waals surface area contributed by atoms with Gasteiger partial charge in [-0.3, -0.25) is 0 Å². The first-order valence-corrected chi connectivity index (χ1v) is 5.75. The van der Waals surface area contributed by atoms with E-state index in [-0.39, 0.29) is 0 Å². The van der Waals surface area contributed by atoms with Crippen LogP contribution in [0.1, 0.15) is 12.8 Å². The number of rotatable bonds is 4. The fourth-order valence-corrected chi connectivity index (χ4v) is 1.92. The summed E-state index contributed by atoms with van der Waals surface area (Å²) in [7, 11) is 0. The van der Waals surface area contributed by atoms with Crippen LogP contribution in [0, 0.1) is 5.92 Å². The van der Waals surface area contributed by atoms with Crippen molar-refractivity contribution in [1.82, 2.24) is 4.57 Å². The molecule has 0 atom stereocenters. The molecule has 3 rings (SSSR count). The van der Waals surface area contributed by atoms with Crippen molar-refractivity contribution in [2.45, 2.75) is 19.6 Å². The van der Waals surface area contributed by atoms with Gasteiger partial charge in [-0.2, -0.15) is 0 Å². The van der Waals surface area contributed by atoms with Crippen LogP contribution in [0.2, 0.25) is 0 Å². The molecule has 1 aromatic carbocycles. The molecule has 1 heterocycles. The van der Waals surface area contributed by atoms with Crippen LogP contribution in [-0.2, 0) is 11.5 Å². The highest BCUT2D eigenvalue weighted by molar-refractivity contribution is 5.83. The Labute approximate surface area is 94.8 Å². The standard InChI is InChI=1S/C13H16N2O/c14-12-4-3-11-5-6-15(13(11)7-12)9-16-8-10-1-2-10/h3-7,10H,1-2,8-9,14H2. The number of nitrogens with zero attached hydrogens (tertiary/aromatic N) is 1. The Morgan fingerprint density at radius 3 is 3.00 bits per heavy atom. The molecule has 0 bridgehead atoms. The first kappa shape index (κ1) is 9.73. The number of fused-ring (bicyclic) bond motifs is 1. The van der Waals surface area contributed by atoms with Crippen LogP contribution in [0.5, 0.6) is 0 Å². The lowest BCUT2D eigenvalue weighted by atomic mass is 10.2. The van der Waals surface area contributed by atoms with Crippen LogP contribution in [0.15, 0.2) is 30.5 Å². The zero-order valence-corrected chi connectivity index (χ0v) is 9.23. The van der Waals surface area contributed by atoms with E-state index in [1.54, 1.807) is 0 Å². The van der Waals surface area contributed by atoms with Gasteiger partial charge in [0.15, 0.2) is 0 Å². The Morgan fingerprint density at radius 1 is 1.31 bits per heavy atom. The number of nitrogen functional groups attached to an aromatic ring is 1. The summed E-state index contributed by atoms with van der Waals surface area (Å²) >= 11 is 0. The number of hydrogen-bond acceptors (Lipinski definition) is 2. The second-order valence-electron chi connectivity index (χ2n) is 4.55. The third-order valence-corrected chi connectivity index (χ3v) is 3.08. The van der Waals surface area contributed by atoms with E-state index < -0.39 is 0 Å². The monoisotopic (exact) mass is 216 g/mol. The van der Waals surface area contributed by atoms with Gasteiger partial charge in [-0.05, 0) is 42.3 Å². The molecule has 3 heteroatoms. The summed E-state index contributed by atoms with van der Waals surface area (Å²) in [6.07, 6.45) is 4.72. The minimum Gasteiger partial charge on any atom is -0.399 e. The molecule has 1 fully saturated rings. The number of aromatic nitrogens is 1. The van der Waals surface area contributed by atoms with E-state index in [4.69, 9.17) is 10.5 Å². The number of anilines is 1. The topological polar surface area (TPSA) is 40.2 Å². The average molecular weight is 216 g/mol. The highest BCUT2D eigenvalue weighted by Crippen LogP contribution is 2.29. The normalized spacial score (nSPS) is 15.8. The molecule has 16 heavy (non-hydrogen) atoms. The molecule has 0 saturated heterocycles. The summed E-state index contributed by atoms with van der Waals surface area (Å²) in [5, 5.41) is 1.21. The summed E-state index contributed by atoms with van der Waals surface area (Å²) in [6.45, 7) is 1.52. The van der Waals surface area contributed by atoms with Crippen molar-refractivity contribution in [1.29, 1.82) is 0 Å². The Balaban J connectivity index is 1.76. The average Bonchev–Trinajstić information content (AvgIpc) is 3.01. The van der Waals surface area contributed by atoms with E-state index in [2.05, 4.69) is 16.8 Å². The van der Waals surface area contributed by atoms with Crippen molar-refractivity contribution in [3.63, 3.8) is 0 Å². The van der Waals surface area contributed by atoms with Gasteiger partial charge in [0.05, 0.1) is 12.1 Å². The van der Waals surface area contributed by atoms with Crippen molar-refractivity contribution in [3.8, 4) is 0 Å². The molecule has 0 aliphatic heterocycles. The molecule has 0 amide bonds. The second-order valence-corrected chi connectivity index (χ2v) is 4.55. The van der Waals surface area contributed by atoms with E-state index in [1.807, 2.05) is 18.2 Å². The molecule has 0 unspecified atom stereocenters. The fraction of sp³-hybridized carbons (Fsp3) is 0.385. The molecule has 0 radical (unpaired) electrons. The summed E-state index contributed by atoms with van der Waals surface area (Å²) in [6, 6.07) is 8.06. The molecule has 3 nitrogen and oxygen atoms in total. The Morgan fingerprint density at radius 2 is 2.19 bits per heavy atom. The fourth-order valence-electron chi connectivity index (χ4n) is 1.92. The molecule has 1 aliphatic carbocycles. The SMILES string of the molecule is Nc1ccc2ccn(COCC3CC3)c2c1. The quantitative estimate of drug-likeness (QED) is 0.798. The van der Waals surface area contributed by atoms with Crippen molar-refractivity contribution < 1.29 is 4.74 Å². The minimum absolute atomic E-state index is 0.628. The number of ether oxygens (including phenoxy) is 1. The van der Waals surface area contributed by atoms with Gasteiger partial charge in [0.1, 0.15) is 6.73 Å².